The lowest BCUT2D eigenvalue weighted by Gasteiger charge is -2.24. The third-order valence-electron chi connectivity index (χ3n) is 3.87. The van der Waals surface area contributed by atoms with Gasteiger partial charge in [-0.1, -0.05) is 0 Å². The molecular weight excluding hydrogens is 350 g/mol. The predicted octanol–water partition coefficient (Wildman–Crippen LogP) is 0.965. The lowest BCUT2D eigenvalue weighted by molar-refractivity contribution is -0.282. The molecule has 0 radical (unpaired) electrons. The fraction of sp³-hybridized carbons (Fsp3) is 0.412. The van der Waals surface area contributed by atoms with Crippen molar-refractivity contribution in [2.45, 2.75) is 12.7 Å². The van der Waals surface area contributed by atoms with E-state index >= 15 is 0 Å². The molecule has 1 unspecified atom stereocenters. The van der Waals surface area contributed by atoms with Crippen LogP contribution in [0.1, 0.15) is 11.3 Å². The topological polar surface area (TPSA) is 126 Å². The zero-order valence-electron chi connectivity index (χ0n) is 14.9. The molecule has 1 atom stereocenters. The van der Waals surface area contributed by atoms with E-state index in [4.69, 9.17) is 19.8 Å². The third-order valence-corrected chi connectivity index (χ3v) is 3.87. The average molecular weight is 371 g/mol. The first-order valence-corrected chi connectivity index (χ1v) is 8.48. The zero-order valence-corrected chi connectivity index (χ0v) is 14.9. The third kappa shape index (κ3) is 5.57. The van der Waals surface area contributed by atoms with E-state index in [1.807, 2.05) is 12.1 Å². The molecule has 1 aliphatic rings. The van der Waals surface area contributed by atoms with Gasteiger partial charge < -0.3 is 20.7 Å². The Morgan fingerprint density at radius 2 is 2.19 bits per heavy atom. The van der Waals surface area contributed by atoms with Gasteiger partial charge >= 0.3 is 0 Å². The molecule has 0 aromatic carbocycles. The van der Waals surface area contributed by atoms with Crippen LogP contribution >= 0.6 is 0 Å². The lowest BCUT2D eigenvalue weighted by atomic mass is 10.2. The first-order chi connectivity index (χ1) is 13.3. The second kappa shape index (κ2) is 9.75. The quantitative estimate of drug-likeness (QED) is 0.456. The van der Waals surface area contributed by atoms with E-state index in [1.54, 1.807) is 6.20 Å². The number of nitriles is 1. The number of morpholine rings is 1. The van der Waals surface area contributed by atoms with E-state index in [-0.39, 0.29) is 18.4 Å². The number of pyridine rings is 1. The monoisotopic (exact) mass is 371 g/mol. The van der Waals surface area contributed by atoms with Gasteiger partial charge in [-0.05, 0) is 0 Å². The number of hydrogen-bond donors (Lipinski definition) is 3. The maximum atomic E-state index is 8.79. The number of nitrogens with one attached hydrogen (secondary N) is 3. The van der Waals surface area contributed by atoms with Gasteiger partial charge in [0.1, 0.15) is 24.3 Å². The van der Waals surface area contributed by atoms with Crippen molar-refractivity contribution in [1.29, 1.82) is 5.26 Å². The summed E-state index contributed by atoms with van der Waals surface area (Å²) in [5, 5.41) is 18.5. The molecule has 0 amide bonds. The highest BCUT2D eigenvalue weighted by atomic mass is 17.2. The number of nitrogens with zero attached hydrogens (tertiary/aromatic N) is 4. The number of ether oxygens (including phenoxy) is 1. The SMILES string of the molecule is COOCc1cnc(Nc2cnc(C#N)cn2)cc1NCC1CNCCO1. The number of aromatic nitrogens is 3. The summed E-state index contributed by atoms with van der Waals surface area (Å²) >= 11 is 0. The van der Waals surface area contributed by atoms with Crippen LogP contribution in [0.5, 0.6) is 0 Å². The molecule has 27 heavy (non-hydrogen) atoms. The fourth-order valence-corrected chi connectivity index (χ4v) is 2.51. The van der Waals surface area contributed by atoms with Crippen molar-refractivity contribution in [1.82, 2.24) is 20.3 Å². The minimum absolute atomic E-state index is 0.0870. The Balaban J connectivity index is 1.71. The first kappa shape index (κ1) is 18.9. The average Bonchev–Trinajstić information content (AvgIpc) is 2.73. The largest absolute Gasteiger partial charge is 0.382 e. The highest BCUT2D eigenvalue weighted by Crippen LogP contribution is 2.22. The minimum Gasteiger partial charge on any atom is -0.382 e. The summed E-state index contributed by atoms with van der Waals surface area (Å²) in [6.07, 6.45) is 4.66. The molecule has 0 aliphatic carbocycles. The highest BCUT2D eigenvalue weighted by Gasteiger charge is 2.14. The molecule has 10 nitrogen and oxygen atoms in total. The van der Waals surface area contributed by atoms with Crippen molar-refractivity contribution in [3.8, 4) is 6.07 Å². The van der Waals surface area contributed by atoms with E-state index in [2.05, 4.69) is 30.9 Å². The number of anilines is 3. The molecule has 3 N–H and O–H groups in total. The van der Waals surface area contributed by atoms with Gasteiger partial charge in [0, 0.05) is 43.1 Å². The van der Waals surface area contributed by atoms with Gasteiger partial charge in [-0.3, -0.25) is 0 Å². The van der Waals surface area contributed by atoms with Gasteiger partial charge in [-0.2, -0.15) is 5.26 Å². The molecule has 3 heterocycles. The first-order valence-electron chi connectivity index (χ1n) is 8.48. The molecule has 1 saturated heterocycles. The Kier molecular flexibility index (Phi) is 6.84. The molecule has 142 valence electrons. The van der Waals surface area contributed by atoms with E-state index in [0.29, 0.717) is 24.8 Å². The fourth-order valence-electron chi connectivity index (χ4n) is 2.51. The highest BCUT2D eigenvalue weighted by molar-refractivity contribution is 5.61. The standard InChI is InChI=1S/C17H21N7O3/c1-25-27-11-12-6-22-16(24-17-10-20-13(5-18)7-23-17)4-15(12)21-9-14-8-19-2-3-26-14/h4,6-7,10,14,19H,2-3,8-9,11H2,1H3,(H2,21,22,23,24). The van der Waals surface area contributed by atoms with E-state index in [0.717, 1.165) is 24.3 Å². The van der Waals surface area contributed by atoms with Gasteiger partial charge in [0.15, 0.2) is 5.69 Å². The summed E-state index contributed by atoms with van der Waals surface area (Å²) in [5.41, 5.74) is 1.95. The summed E-state index contributed by atoms with van der Waals surface area (Å²) in [6, 6.07) is 3.78. The van der Waals surface area contributed by atoms with Crippen molar-refractivity contribution in [3.05, 3.63) is 35.9 Å². The van der Waals surface area contributed by atoms with Crippen LogP contribution in [0.4, 0.5) is 17.3 Å². The van der Waals surface area contributed by atoms with Crippen molar-refractivity contribution in [2.24, 2.45) is 0 Å². The molecule has 0 saturated carbocycles. The second-order valence-electron chi connectivity index (χ2n) is 5.76. The molecule has 1 fully saturated rings. The van der Waals surface area contributed by atoms with Crippen molar-refractivity contribution < 1.29 is 14.5 Å². The molecule has 0 spiro atoms. The molecule has 3 rings (SSSR count). The van der Waals surface area contributed by atoms with E-state index in [9.17, 15) is 0 Å². The smallest absolute Gasteiger partial charge is 0.158 e. The summed E-state index contributed by atoms with van der Waals surface area (Å²) in [7, 11) is 1.46. The van der Waals surface area contributed by atoms with Crippen molar-refractivity contribution in [2.75, 3.05) is 44.0 Å². The zero-order chi connectivity index (χ0) is 18.9. The van der Waals surface area contributed by atoms with Crippen LogP contribution in [0.25, 0.3) is 0 Å². The van der Waals surface area contributed by atoms with Gasteiger partial charge in [0.25, 0.3) is 0 Å². The maximum absolute atomic E-state index is 8.79. The second-order valence-corrected chi connectivity index (χ2v) is 5.76. The van der Waals surface area contributed by atoms with Crippen LogP contribution in [0.15, 0.2) is 24.7 Å². The van der Waals surface area contributed by atoms with Crippen LogP contribution in [0.2, 0.25) is 0 Å². The molecule has 1 aliphatic heterocycles. The summed E-state index contributed by atoms with van der Waals surface area (Å²) in [4.78, 5) is 22.2. The Labute approximate surface area is 156 Å². The Morgan fingerprint density at radius 3 is 2.89 bits per heavy atom. The summed E-state index contributed by atoms with van der Waals surface area (Å²) in [5.74, 6) is 1.08. The number of rotatable bonds is 8. The van der Waals surface area contributed by atoms with Gasteiger partial charge in [0.2, 0.25) is 0 Å². The van der Waals surface area contributed by atoms with E-state index < -0.39 is 0 Å². The lowest BCUT2D eigenvalue weighted by Crippen LogP contribution is -2.42. The normalized spacial score (nSPS) is 16.5. The number of hydrogen-bond acceptors (Lipinski definition) is 10. The summed E-state index contributed by atoms with van der Waals surface area (Å²) in [6.45, 7) is 3.28. The van der Waals surface area contributed by atoms with E-state index in [1.165, 1.54) is 19.5 Å². The van der Waals surface area contributed by atoms with Crippen LogP contribution in [0.3, 0.4) is 0 Å². The molecule has 0 bridgehead atoms. The van der Waals surface area contributed by atoms with Crippen LogP contribution in [-0.4, -0.2) is 54.4 Å². The Bertz CT molecular complexity index is 773. The van der Waals surface area contributed by atoms with Crippen molar-refractivity contribution >= 4 is 17.3 Å². The molecule has 2 aromatic rings. The van der Waals surface area contributed by atoms with Gasteiger partial charge in [-0.25, -0.2) is 24.7 Å². The predicted molar refractivity (Wildman–Crippen MR) is 97.2 cm³/mol. The summed E-state index contributed by atoms with van der Waals surface area (Å²) < 4.78 is 5.71. The van der Waals surface area contributed by atoms with Crippen LogP contribution in [0, 0.1) is 11.3 Å². The molecule has 2 aromatic heterocycles. The van der Waals surface area contributed by atoms with Gasteiger partial charge in [0.05, 0.1) is 32.2 Å². The Hall–Kier alpha value is -2.84. The maximum Gasteiger partial charge on any atom is 0.158 e. The van der Waals surface area contributed by atoms with Crippen molar-refractivity contribution in [3.63, 3.8) is 0 Å². The molecular formula is C17H21N7O3. The molecule has 10 heteroatoms. The minimum atomic E-state index is 0.0870. The Morgan fingerprint density at radius 1 is 1.30 bits per heavy atom. The van der Waals surface area contributed by atoms with Gasteiger partial charge in [-0.15, -0.1) is 0 Å². The van der Waals surface area contributed by atoms with Crippen LogP contribution in [-0.2, 0) is 21.1 Å². The van der Waals surface area contributed by atoms with Crippen LogP contribution < -0.4 is 16.0 Å².